The third kappa shape index (κ3) is 2.94. The predicted molar refractivity (Wildman–Crippen MR) is 83.3 cm³/mol. The van der Waals surface area contributed by atoms with E-state index in [1.807, 2.05) is 0 Å². The minimum absolute atomic E-state index is 0.600. The molecule has 0 bridgehead atoms. The summed E-state index contributed by atoms with van der Waals surface area (Å²) in [4.78, 5) is 0. The van der Waals surface area contributed by atoms with E-state index in [9.17, 15) is 0 Å². The maximum Gasteiger partial charge on any atom is 0.0326 e. The van der Waals surface area contributed by atoms with Crippen LogP contribution in [0, 0.1) is 5.92 Å². The van der Waals surface area contributed by atoms with E-state index in [0.717, 1.165) is 5.92 Å². The molecule has 1 saturated heterocycles. The fourth-order valence-electron chi connectivity index (χ4n) is 3.06. The molecule has 1 aliphatic carbocycles. The highest BCUT2D eigenvalue weighted by molar-refractivity contribution is 9.10. The van der Waals surface area contributed by atoms with Crippen molar-refractivity contribution in [1.82, 2.24) is 5.32 Å². The Kier molecular flexibility index (Phi) is 4.32. The highest BCUT2D eigenvalue weighted by Gasteiger charge is 2.23. The third-order valence-corrected chi connectivity index (χ3v) is 5.72. The van der Waals surface area contributed by atoms with Crippen LogP contribution in [0.4, 0.5) is 0 Å². The molecule has 2 aliphatic rings. The van der Waals surface area contributed by atoms with Crippen LogP contribution in [0.2, 0.25) is 0 Å². The molecule has 3 heteroatoms. The smallest absolute Gasteiger partial charge is 0.0326 e. The van der Waals surface area contributed by atoms with Gasteiger partial charge in [0.25, 0.3) is 0 Å². The van der Waals surface area contributed by atoms with Gasteiger partial charge in [0.1, 0.15) is 0 Å². The molecule has 98 valence electrons. The van der Waals surface area contributed by atoms with Gasteiger partial charge in [0.2, 0.25) is 0 Å². The third-order valence-electron chi connectivity index (χ3n) is 4.18. The number of benzene rings is 1. The maximum atomic E-state index is 3.80. The summed E-state index contributed by atoms with van der Waals surface area (Å²) in [5, 5.41) is 3.80. The van der Waals surface area contributed by atoms with Crippen molar-refractivity contribution in [3.8, 4) is 0 Å². The molecule has 0 amide bonds. The van der Waals surface area contributed by atoms with Gasteiger partial charge in [0.05, 0.1) is 0 Å². The van der Waals surface area contributed by atoms with Crippen LogP contribution >= 0.6 is 27.7 Å². The van der Waals surface area contributed by atoms with Crippen molar-refractivity contribution in [1.29, 1.82) is 0 Å². The fraction of sp³-hybridized carbons (Fsp3) is 0.600. The van der Waals surface area contributed by atoms with E-state index >= 15 is 0 Å². The maximum absolute atomic E-state index is 3.80. The summed E-state index contributed by atoms with van der Waals surface area (Å²) in [5.41, 5.74) is 3.06. The van der Waals surface area contributed by atoms with Crippen LogP contribution in [-0.2, 0) is 6.42 Å². The number of hydrogen-bond donors (Lipinski definition) is 1. The van der Waals surface area contributed by atoms with Gasteiger partial charge in [-0.25, -0.2) is 0 Å². The van der Waals surface area contributed by atoms with Crippen molar-refractivity contribution in [3.63, 3.8) is 0 Å². The van der Waals surface area contributed by atoms with E-state index in [1.165, 1.54) is 59.3 Å². The first kappa shape index (κ1) is 13.0. The van der Waals surface area contributed by atoms with Gasteiger partial charge in [0, 0.05) is 10.5 Å². The van der Waals surface area contributed by atoms with Gasteiger partial charge >= 0.3 is 0 Å². The molecule has 1 aromatic rings. The summed E-state index contributed by atoms with van der Waals surface area (Å²) in [7, 11) is 0. The lowest BCUT2D eigenvalue weighted by Gasteiger charge is -2.24. The number of hydrogen-bond acceptors (Lipinski definition) is 2. The lowest BCUT2D eigenvalue weighted by atomic mass is 10.0. The summed E-state index contributed by atoms with van der Waals surface area (Å²) in [6, 6.07) is 7.35. The Labute approximate surface area is 122 Å². The van der Waals surface area contributed by atoms with Crippen molar-refractivity contribution in [2.24, 2.45) is 5.92 Å². The van der Waals surface area contributed by atoms with E-state index in [0.29, 0.717) is 6.04 Å². The molecule has 1 atom stereocenters. The minimum Gasteiger partial charge on any atom is -0.310 e. The van der Waals surface area contributed by atoms with Gasteiger partial charge in [-0.15, -0.1) is 0 Å². The molecule has 0 radical (unpaired) electrons. The second-order valence-corrected chi connectivity index (χ2v) is 7.54. The molecule has 1 heterocycles. The number of fused-ring (bicyclic) bond motifs is 1. The molecule has 1 nitrogen and oxygen atoms in total. The lowest BCUT2D eigenvalue weighted by molar-refractivity contribution is 0.409. The summed E-state index contributed by atoms with van der Waals surface area (Å²) < 4.78 is 1.21. The fourth-order valence-corrected chi connectivity index (χ4v) is 4.67. The van der Waals surface area contributed by atoms with Crippen LogP contribution in [0.1, 0.15) is 36.4 Å². The van der Waals surface area contributed by atoms with E-state index in [-0.39, 0.29) is 0 Å². The zero-order chi connectivity index (χ0) is 12.4. The summed E-state index contributed by atoms with van der Waals surface area (Å²) in [6.45, 7) is 1.21. The van der Waals surface area contributed by atoms with E-state index < -0.39 is 0 Å². The zero-order valence-corrected chi connectivity index (χ0v) is 13.0. The first-order valence-electron chi connectivity index (χ1n) is 6.92. The SMILES string of the molecule is Brc1ccc2c(c1)CCC2NCC1CCSCC1. The van der Waals surface area contributed by atoms with Gasteiger partial charge in [-0.05, 0) is 72.9 Å². The molecule has 0 aromatic heterocycles. The Hall–Kier alpha value is 0.01000. The standard InChI is InChI=1S/C15H20BrNS/c16-13-2-3-14-12(9-13)1-4-15(14)17-10-11-5-7-18-8-6-11/h2-3,9,11,15,17H,1,4-8,10H2. The molecular formula is C15H20BrNS. The van der Waals surface area contributed by atoms with Crippen molar-refractivity contribution in [3.05, 3.63) is 33.8 Å². The molecule has 1 aliphatic heterocycles. The summed E-state index contributed by atoms with van der Waals surface area (Å²) in [5.74, 6) is 3.63. The summed E-state index contributed by atoms with van der Waals surface area (Å²) >= 11 is 5.68. The molecular weight excluding hydrogens is 306 g/mol. The summed E-state index contributed by atoms with van der Waals surface area (Å²) in [6.07, 6.45) is 5.30. The van der Waals surface area contributed by atoms with Crippen molar-refractivity contribution >= 4 is 27.7 Å². The first-order valence-corrected chi connectivity index (χ1v) is 8.87. The van der Waals surface area contributed by atoms with Gasteiger partial charge in [-0.1, -0.05) is 22.0 Å². The van der Waals surface area contributed by atoms with Crippen LogP contribution in [0.15, 0.2) is 22.7 Å². The van der Waals surface area contributed by atoms with Crippen LogP contribution < -0.4 is 5.32 Å². The highest BCUT2D eigenvalue weighted by atomic mass is 79.9. The van der Waals surface area contributed by atoms with Gasteiger partial charge in [0.15, 0.2) is 0 Å². The highest BCUT2D eigenvalue weighted by Crippen LogP contribution is 2.33. The Morgan fingerprint density at radius 2 is 2.06 bits per heavy atom. The lowest BCUT2D eigenvalue weighted by Crippen LogP contribution is -2.28. The molecule has 1 N–H and O–H groups in total. The number of halogens is 1. The monoisotopic (exact) mass is 325 g/mol. The average molecular weight is 326 g/mol. The van der Waals surface area contributed by atoms with Crippen LogP contribution in [0.3, 0.4) is 0 Å². The topological polar surface area (TPSA) is 12.0 Å². The second-order valence-electron chi connectivity index (χ2n) is 5.40. The van der Waals surface area contributed by atoms with Crippen LogP contribution in [0.5, 0.6) is 0 Å². The Balaban J connectivity index is 1.59. The van der Waals surface area contributed by atoms with E-state index in [2.05, 4.69) is 51.2 Å². The molecule has 1 unspecified atom stereocenters. The minimum atomic E-state index is 0.600. The van der Waals surface area contributed by atoms with Crippen LogP contribution in [0.25, 0.3) is 0 Å². The number of nitrogens with one attached hydrogen (secondary N) is 1. The average Bonchev–Trinajstić information content (AvgIpc) is 2.80. The Bertz CT molecular complexity index is 415. The van der Waals surface area contributed by atoms with Crippen LogP contribution in [-0.4, -0.2) is 18.1 Å². The molecule has 3 rings (SSSR count). The van der Waals surface area contributed by atoms with Gasteiger partial charge < -0.3 is 5.32 Å². The van der Waals surface area contributed by atoms with Gasteiger partial charge in [-0.3, -0.25) is 0 Å². The first-order chi connectivity index (χ1) is 8.83. The molecule has 1 fully saturated rings. The molecule has 1 aromatic carbocycles. The van der Waals surface area contributed by atoms with Crippen molar-refractivity contribution in [2.45, 2.75) is 31.7 Å². The second kappa shape index (κ2) is 5.98. The largest absolute Gasteiger partial charge is 0.310 e. The van der Waals surface area contributed by atoms with E-state index in [1.54, 1.807) is 0 Å². The molecule has 18 heavy (non-hydrogen) atoms. The van der Waals surface area contributed by atoms with E-state index in [4.69, 9.17) is 0 Å². The van der Waals surface area contributed by atoms with Crippen molar-refractivity contribution in [2.75, 3.05) is 18.1 Å². The Morgan fingerprint density at radius 1 is 1.22 bits per heavy atom. The Morgan fingerprint density at radius 3 is 2.89 bits per heavy atom. The zero-order valence-electron chi connectivity index (χ0n) is 10.6. The van der Waals surface area contributed by atoms with Gasteiger partial charge in [-0.2, -0.15) is 11.8 Å². The molecule has 0 spiro atoms. The predicted octanol–water partition coefficient (Wildman–Crippen LogP) is 4.17. The van der Waals surface area contributed by atoms with Crippen molar-refractivity contribution < 1.29 is 0 Å². The quantitative estimate of drug-likeness (QED) is 0.895. The molecule has 0 saturated carbocycles. The number of rotatable bonds is 3. The number of aryl methyl sites for hydroxylation is 1. The number of thioether (sulfide) groups is 1. The normalized spacial score (nSPS) is 24.2.